The van der Waals surface area contributed by atoms with E-state index in [1.165, 1.54) is 45.2 Å². The summed E-state index contributed by atoms with van der Waals surface area (Å²) < 4.78 is 0. The monoisotopic (exact) mass is 225 g/mol. The molecule has 0 radical (unpaired) electrons. The van der Waals surface area contributed by atoms with Crippen LogP contribution in [0.5, 0.6) is 0 Å². The van der Waals surface area contributed by atoms with Crippen molar-refractivity contribution in [1.29, 1.82) is 0 Å². The van der Waals surface area contributed by atoms with Crippen LogP contribution in [0.25, 0.3) is 0 Å². The Morgan fingerprint density at radius 3 is 2.44 bits per heavy atom. The molecule has 0 spiro atoms. The van der Waals surface area contributed by atoms with Gasteiger partial charge in [0, 0.05) is 13.1 Å². The van der Waals surface area contributed by atoms with Crippen LogP contribution in [-0.2, 0) is 0 Å². The maximum atomic E-state index is 10.2. The van der Waals surface area contributed by atoms with Crippen LogP contribution in [0.4, 0.5) is 0 Å². The van der Waals surface area contributed by atoms with Gasteiger partial charge in [0.25, 0.3) is 0 Å². The van der Waals surface area contributed by atoms with Gasteiger partial charge in [0.2, 0.25) is 0 Å². The van der Waals surface area contributed by atoms with Crippen molar-refractivity contribution in [2.45, 2.75) is 52.1 Å². The average molecular weight is 225 g/mol. The van der Waals surface area contributed by atoms with Gasteiger partial charge in [-0.3, -0.25) is 0 Å². The lowest BCUT2D eigenvalue weighted by Gasteiger charge is -2.37. The van der Waals surface area contributed by atoms with Crippen molar-refractivity contribution in [1.82, 2.24) is 4.90 Å². The highest BCUT2D eigenvalue weighted by Crippen LogP contribution is 2.29. The van der Waals surface area contributed by atoms with Gasteiger partial charge in [-0.25, -0.2) is 0 Å². The standard InChI is InChI=1S/C14H27NO/c1-11-7-8-15(9-12(11)2)10-14(16)13-5-3-4-6-13/h11-14,16H,3-10H2,1-2H3. The van der Waals surface area contributed by atoms with Crippen molar-refractivity contribution in [3.63, 3.8) is 0 Å². The summed E-state index contributed by atoms with van der Waals surface area (Å²) in [5.41, 5.74) is 0. The van der Waals surface area contributed by atoms with Gasteiger partial charge < -0.3 is 10.0 Å². The van der Waals surface area contributed by atoms with Crippen LogP contribution in [0, 0.1) is 17.8 Å². The summed E-state index contributed by atoms with van der Waals surface area (Å²) in [5.74, 6) is 2.25. The van der Waals surface area contributed by atoms with Crippen LogP contribution < -0.4 is 0 Å². The Morgan fingerprint density at radius 1 is 1.12 bits per heavy atom. The molecule has 0 bridgehead atoms. The maximum absolute atomic E-state index is 10.2. The molecule has 3 atom stereocenters. The van der Waals surface area contributed by atoms with Gasteiger partial charge in [-0.1, -0.05) is 26.7 Å². The van der Waals surface area contributed by atoms with Gasteiger partial charge in [0.1, 0.15) is 0 Å². The zero-order chi connectivity index (χ0) is 11.5. The highest BCUT2D eigenvalue weighted by Gasteiger charge is 2.28. The minimum Gasteiger partial charge on any atom is -0.392 e. The Kier molecular flexibility index (Phi) is 4.26. The van der Waals surface area contributed by atoms with Gasteiger partial charge in [0.15, 0.2) is 0 Å². The lowest BCUT2D eigenvalue weighted by atomic mass is 9.88. The molecule has 0 aromatic heterocycles. The van der Waals surface area contributed by atoms with Crippen LogP contribution in [-0.4, -0.2) is 35.7 Å². The number of aliphatic hydroxyl groups is 1. The summed E-state index contributed by atoms with van der Waals surface area (Å²) in [6.45, 7) is 8.00. The zero-order valence-corrected chi connectivity index (χ0v) is 10.9. The summed E-state index contributed by atoms with van der Waals surface area (Å²) in [7, 11) is 0. The minimum absolute atomic E-state index is 0.0666. The number of aliphatic hydroxyl groups excluding tert-OH is 1. The summed E-state index contributed by atoms with van der Waals surface area (Å²) >= 11 is 0. The molecule has 1 saturated heterocycles. The van der Waals surface area contributed by atoms with Crippen LogP contribution in [0.1, 0.15) is 46.0 Å². The molecule has 1 heterocycles. The smallest absolute Gasteiger partial charge is 0.0695 e. The normalized spacial score (nSPS) is 35.4. The third-order valence-corrected chi connectivity index (χ3v) is 4.81. The molecular weight excluding hydrogens is 198 g/mol. The molecule has 0 amide bonds. The predicted octanol–water partition coefficient (Wildman–Crippen LogP) is 2.52. The highest BCUT2D eigenvalue weighted by molar-refractivity contribution is 4.81. The summed E-state index contributed by atoms with van der Waals surface area (Å²) in [5, 5.41) is 10.2. The molecule has 16 heavy (non-hydrogen) atoms. The van der Waals surface area contributed by atoms with Crippen LogP contribution in [0.2, 0.25) is 0 Å². The Bertz CT molecular complexity index is 213. The molecule has 2 heteroatoms. The van der Waals surface area contributed by atoms with Crippen LogP contribution in [0.15, 0.2) is 0 Å². The molecule has 0 aromatic rings. The Balaban J connectivity index is 1.76. The molecule has 1 saturated carbocycles. The predicted molar refractivity (Wildman–Crippen MR) is 67.3 cm³/mol. The molecule has 3 unspecified atom stereocenters. The topological polar surface area (TPSA) is 23.5 Å². The number of hydrogen-bond acceptors (Lipinski definition) is 2. The van der Waals surface area contributed by atoms with E-state index in [-0.39, 0.29) is 6.10 Å². The largest absolute Gasteiger partial charge is 0.392 e. The summed E-state index contributed by atoms with van der Waals surface area (Å²) in [6.07, 6.45) is 6.40. The van der Waals surface area contributed by atoms with Gasteiger partial charge in [-0.2, -0.15) is 0 Å². The fourth-order valence-electron chi connectivity index (χ4n) is 3.27. The number of hydrogen-bond donors (Lipinski definition) is 1. The summed E-state index contributed by atoms with van der Waals surface area (Å²) in [6, 6.07) is 0. The molecule has 2 nitrogen and oxygen atoms in total. The Hall–Kier alpha value is -0.0800. The second-order valence-corrected chi connectivity index (χ2v) is 6.11. The van der Waals surface area contributed by atoms with Gasteiger partial charge in [0.05, 0.1) is 6.10 Å². The fraction of sp³-hybridized carbons (Fsp3) is 1.00. The lowest BCUT2D eigenvalue weighted by Crippen LogP contribution is -2.43. The first-order valence-electron chi connectivity index (χ1n) is 7.07. The van der Waals surface area contributed by atoms with E-state index in [1.807, 2.05) is 0 Å². The quantitative estimate of drug-likeness (QED) is 0.798. The van der Waals surface area contributed by atoms with E-state index in [4.69, 9.17) is 0 Å². The number of β-amino-alcohol motifs (C(OH)–C–C–N with tert-alkyl or cyclic N) is 1. The van der Waals surface area contributed by atoms with Gasteiger partial charge >= 0.3 is 0 Å². The number of rotatable bonds is 3. The summed E-state index contributed by atoms with van der Waals surface area (Å²) in [4.78, 5) is 2.48. The molecule has 1 aliphatic heterocycles. The third kappa shape index (κ3) is 2.98. The lowest BCUT2D eigenvalue weighted by molar-refractivity contribution is 0.0398. The minimum atomic E-state index is -0.0666. The first kappa shape index (κ1) is 12.4. The maximum Gasteiger partial charge on any atom is 0.0695 e. The van der Waals surface area contributed by atoms with Crippen molar-refractivity contribution >= 4 is 0 Å². The average Bonchev–Trinajstić information content (AvgIpc) is 2.77. The molecule has 2 fully saturated rings. The van der Waals surface area contributed by atoms with Crippen molar-refractivity contribution < 1.29 is 5.11 Å². The third-order valence-electron chi connectivity index (χ3n) is 4.81. The second kappa shape index (κ2) is 5.50. The number of nitrogens with zero attached hydrogens (tertiary/aromatic N) is 1. The van der Waals surface area contributed by atoms with Crippen molar-refractivity contribution in [2.24, 2.45) is 17.8 Å². The van der Waals surface area contributed by atoms with E-state index >= 15 is 0 Å². The first-order chi connectivity index (χ1) is 7.66. The molecular formula is C14H27NO. The molecule has 2 aliphatic rings. The van der Waals surface area contributed by atoms with Gasteiger partial charge in [-0.15, -0.1) is 0 Å². The molecule has 94 valence electrons. The van der Waals surface area contributed by atoms with Crippen molar-refractivity contribution in [3.8, 4) is 0 Å². The molecule has 0 aromatic carbocycles. The number of likely N-dealkylation sites (tertiary alicyclic amines) is 1. The van der Waals surface area contributed by atoms with Crippen LogP contribution >= 0.6 is 0 Å². The van der Waals surface area contributed by atoms with E-state index in [1.54, 1.807) is 0 Å². The first-order valence-corrected chi connectivity index (χ1v) is 7.07. The van der Waals surface area contributed by atoms with E-state index in [0.717, 1.165) is 18.4 Å². The molecule has 2 rings (SSSR count). The van der Waals surface area contributed by atoms with E-state index in [2.05, 4.69) is 18.7 Å². The van der Waals surface area contributed by atoms with Gasteiger partial charge in [-0.05, 0) is 43.6 Å². The molecule has 1 N–H and O–H groups in total. The van der Waals surface area contributed by atoms with E-state index in [0.29, 0.717) is 5.92 Å². The van der Waals surface area contributed by atoms with Crippen molar-refractivity contribution in [3.05, 3.63) is 0 Å². The Labute approximate surface area is 100 Å². The fourth-order valence-corrected chi connectivity index (χ4v) is 3.27. The zero-order valence-electron chi connectivity index (χ0n) is 10.9. The second-order valence-electron chi connectivity index (χ2n) is 6.11. The Morgan fingerprint density at radius 2 is 1.81 bits per heavy atom. The molecule has 1 aliphatic carbocycles. The highest BCUT2D eigenvalue weighted by atomic mass is 16.3. The number of piperidine rings is 1. The van der Waals surface area contributed by atoms with Crippen molar-refractivity contribution in [2.75, 3.05) is 19.6 Å². The SMILES string of the molecule is CC1CCN(CC(O)C2CCCC2)CC1C. The van der Waals surface area contributed by atoms with E-state index < -0.39 is 0 Å². The van der Waals surface area contributed by atoms with E-state index in [9.17, 15) is 5.11 Å². The van der Waals surface area contributed by atoms with Crippen LogP contribution in [0.3, 0.4) is 0 Å².